The van der Waals surface area contributed by atoms with Crippen molar-refractivity contribution in [3.63, 3.8) is 0 Å². The summed E-state index contributed by atoms with van der Waals surface area (Å²) in [4.78, 5) is 16.1. The topological polar surface area (TPSA) is 51.2 Å². The molecule has 1 aromatic heterocycles. The number of methoxy groups -OCH3 is 1. The summed E-state index contributed by atoms with van der Waals surface area (Å²) in [6, 6.07) is 1.96. The van der Waals surface area contributed by atoms with Crippen LogP contribution in [0.2, 0.25) is 0 Å². The van der Waals surface area contributed by atoms with Gasteiger partial charge in [0.15, 0.2) is 0 Å². The molecule has 0 radical (unpaired) electrons. The fourth-order valence-corrected chi connectivity index (χ4v) is 2.55. The Hall–Kier alpha value is -1.58. The molecule has 1 aliphatic carbocycles. The molecule has 1 N–H and O–H groups in total. The van der Waals surface area contributed by atoms with E-state index in [-0.39, 0.29) is 11.9 Å². The second-order valence-corrected chi connectivity index (χ2v) is 5.65. The van der Waals surface area contributed by atoms with Crippen molar-refractivity contribution in [2.45, 2.75) is 39.2 Å². The highest BCUT2D eigenvalue weighted by atomic mass is 16.5. The number of carbonyl (C=O) groups excluding carboxylic acids is 1. The van der Waals surface area contributed by atoms with Gasteiger partial charge in [-0.05, 0) is 30.7 Å². The van der Waals surface area contributed by atoms with Crippen LogP contribution in [-0.4, -0.2) is 24.0 Å². The molecule has 0 saturated heterocycles. The maximum Gasteiger partial charge on any atom is 0.255 e. The Morgan fingerprint density at radius 2 is 2.33 bits per heavy atom. The molecule has 98 valence electrons. The highest BCUT2D eigenvalue weighted by molar-refractivity contribution is 5.96. The smallest absolute Gasteiger partial charge is 0.255 e. The first kappa shape index (κ1) is 12.9. The zero-order chi connectivity index (χ0) is 13.2. The SMILES string of the molecule is COc1cnccc1C(=O)NC1CCC(C)(C)C1. The number of aromatic nitrogens is 1. The number of nitrogens with zero attached hydrogens (tertiary/aromatic N) is 1. The fraction of sp³-hybridized carbons (Fsp3) is 0.571. The number of rotatable bonds is 3. The second-order valence-electron chi connectivity index (χ2n) is 5.65. The van der Waals surface area contributed by atoms with Crippen molar-refractivity contribution in [2.75, 3.05) is 7.11 Å². The first-order valence-electron chi connectivity index (χ1n) is 6.31. The third kappa shape index (κ3) is 2.81. The average molecular weight is 248 g/mol. The molecular formula is C14H20N2O2. The minimum absolute atomic E-state index is 0.0723. The molecule has 0 aliphatic heterocycles. The monoisotopic (exact) mass is 248 g/mol. The van der Waals surface area contributed by atoms with Crippen LogP contribution in [-0.2, 0) is 0 Å². The molecule has 0 spiro atoms. The van der Waals surface area contributed by atoms with Crippen molar-refractivity contribution in [1.82, 2.24) is 10.3 Å². The van der Waals surface area contributed by atoms with E-state index in [0.717, 1.165) is 19.3 Å². The van der Waals surface area contributed by atoms with Crippen molar-refractivity contribution < 1.29 is 9.53 Å². The van der Waals surface area contributed by atoms with Gasteiger partial charge in [0.25, 0.3) is 5.91 Å². The van der Waals surface area contributed by atoms with Crippen LogP contribution in [0.25, 0.3) is 0 Å². The summed E-state index contributed by atoms with van der Waals surface area (Å²) in [5, 5.41) is 3.08. The van der Waals surface area contributed by atoms with Crippen molar-refractivity contribution >= 4 is 5.91 Å². The van der Waals surface area contributed by atoms with Crippen LogP contribution in [0.5, 0.6) is 5.75 Å². The molecule has 1 saturated carbocycles. The lowest BCUT2D eigenvalue weighted by molar-refractivity contribution is 0.0933. The van der Waals surface area contributed by atoms with Gasteiger partial charge in [0, 0.05) is 12.2 Å². The zero-order valence-electron chi connectivity index (χ0n) is 11.2. The van der Waals surface area contributed by atoms with Crippen molar-refractivity contribution in [3.8, 4) is 5.75 Å². The van der Waals surface area contributed by atoms with Crippen LogP contribution in [0.4, 0.5) is 0 Å². The van der Waals surface area contributed by atoms with Gasteiger partial charge in [0.2, 0.25) is 0 Å². The molecule has 1 heterocycles. The molecule has 2 rings (SSSR count). The molecule has 0 bridgehead atoms. The Balaban J connectivity index is 2.04. The summed E-state index contributed by atoms with van der Waals surface area (Å²) in [5.74, 6) is 0.448. The first-order chi connectivity index (χ1) is 8.52. The summed E-state index contributed by atoms with van der Waals surface area (Å²) in [5.41, 5.74) is 0.887. The number of pyridine rings is 1. The summed E-state index contributed by atoms with van der Waals surface area (Å²) >= 11 is 0. The Morgan fingerprint density at radius 1 is 1.56 bits per heavy atom. The Labute approximate surface area is 108 Å². The van der Waals surface area contributed by atoms with E-state index in [1.165, 1.54) is 0 Å². The predicted octanol–water partition coefficient (Wildman–Crippen LogP) is 2.40. The molecular weight excluding hydrogens is 228 g/mol. The van der Waals surface area contributed by atoms with Gasteiger partial charge in [-0.1, -0.05) is 13.8 Å². The van der Waals surface area contributed by atoms with Gasteiger partial charge in [0.1, 0.15) is 5.75 Å². The van der Waals surface area contributed by atoms with Crippen LogP contribution in [0.3, 0.4) is 0 Å². The van der Waals surface area contributed by atoms with Crippen molar-refractivity contribution in [1.29, 1.82) is 0 Å². The van der Waals surface area contributed by atoms with Gasteiger partial charge < -0.3 is 10.1 Å². The van der Waals surface area contributed by atoms with Crippen LogP contribution in [0.15, 0.2) is 18.5 Å². The Bertz CT molecular complexity index is 443. The van der Waals surface area contributed by atoms with Crippen molar-refractivity contribution in [2.24, 2.45) is 5.41 Å². The van der Waals surface area contributed by atoms with Gasteiger partial charge in [-0.15, -0.1) is 0 Å². The molecule has 1 unspecified atom stereocenters. The summed E-state index contributed by atoms with van der Waals surface area (Å²) in [7, 11) is 1.55. The number of amides is 1. The van der Waals surface area contributed by atoms with E-state index in [4.69, 9.17) is 4.74 Å². The summed E-state index contributed by atoms with van der Waals surface area (Å²) in [6.45, 7) is 4.48. The van der Waals surface area contributed by atoms with Crippen molar-refractivity contribution in [3.05, 3.63) is 24.0 Å². The van der Waals surface area contributed by atoms with Crippen LogP contribution in [0, 0.1) is 5.41 Å². The minimum atomic E-state index is -0.0723. The van der Waals surface area contributed by atoms with E-state index in [0.29, 0.717) is 16.7 Å². The third-order valence-electron chi connectivity index (χ3n) is 3.55. The normalized spacial score (nSPS) is 21.6. The number of carbonyl (C=O) groups is 1. The van der Waals surface area contributed by atoms with Gasteiger partial charge in [0.05, 0.1) is 18.9 Å². The average Bonchev–Trinajstić information content (AvgIpc) is 2.68. The molecule has 0 aromatic carbocycles. The van der Waals surface area contributed by atoms with E-state index in [1.54, 1.807) is 25.6 Å². The van der Waals surface area contributed by atoms with Gasteiger partial charge in [-0.3, -0.25) is 9.78 Å². The summed E-state index contributed by atoms with van der Waals surface area (Å²) < 4.78 is 5.15. The summed E-state index contributed by atoms with van der Waals surface area (Å²) in [6.07, 6.45) is 6.41. The minimum Gasteiger partial charge on any atom is -0.494 e. The van der Waals surface area contributed by atoms with Gasteiger partial charge in [-0.2, -0.15) is 0 Å². The Morgan fingerprint density at radius 3 is 2.94 bits per heavy atom. The van der Waals surface area contributed by atoms with E-state index in [9.17, 15) is 4.79 Å². The molecule has 1 amide bonds. The fourth-order valence-electron chi connectivity index (χ4n) is 2.55. The lowest BCUT2D eigenvalue weighted by atomic mass is 9.92. The molecule has 1 atom stereocenters. The van der Waals surface area contributed by atoms with Crippen LogP contribution < -0.4 is 10.1 Å². The largest absolute Gasteiger partial charge is 0.494 e. The second kappa shape index (κ2) is 4.96. The molecule has 1 fully saturated rings. The first-order valence-corrected chi connectivity index (χ1v) is 6.31. The predicted molar refractivity (Wildman–Crippen MR) is 69.7 cm³/mol. The lowest BCUT2D eigenvalue weighted by Gasteiger charge is -2.18. The van der Waals surface area contributed by atoms with E-state index in [2.05, 4.69) is 24.1 Å². The molecule has 18 heavy (non-hydrogen) atoms. The molecule has 4 heteroatoms. The lowest BCUT2D eigenvalue weighted by Crippen LogP contribution is -2.33. The quantitative estimate of drug-likeness (QED) is 0.893. The highest BCUT2D eigenvalue weighted by Gasteiger charge is 2.32. The molecule has 4 nitrogen and oxygen atoms in total. The van der Waals surface area contributed by atoms with Crippen LogP contribution in [0.1, 0.15) is 43.5 Å². The maximum absolute atomic E-state index is 12.2. The number of hydrogen-bond donors (Lipinski definition) is 1. The number of ether oxygens (including phenoxy) is 1. The number of hydrogen-bond acceptors (Lipinski definition) is 3. The van der Waals surface area contributed by atoms with Crippen LogP contribution >= 0.6 is 0 Å². The van der Waals surface area contributed by atoms with E-state index in [1.807, 2.05) is 0 Å². The zero-order valence-corrected chi connectivity index (χ0v) is 11.2. The number of nitrogens with one attached hydrogen (secondary N) is 1. The van der Waals surface area contributed by atoms with E-state index >= 15 is 0 Å². The Kier molecular flexibility index (Phi) is 3.55. The van der Waals surface area contributed by atoms with Gasteiger partial charge in [-0.25, -0.2) is 0 Å². The maximum atomic E-state index is 12.2. The highest BCUT2D eigenvalue weighted by Crippen LogP contribution is 2.37. The third-order valence-corrected chi connectivity index (χ3v) is 3.55. The van der Waals surface area contributed by atoms with Gasteiger partial charge >= 0.3 is 0 Å². The molecule has 1 aromatic rings. The van der Waals surface area contributed by atoms with E-state index < -0.39 is 0 Å². The standard InChI is InChI=1S/C14H20N2O2/c1-14(2)6-4-10(8-14)16-13(17)11-5-7-15-9-12(11)18-3/h5,7,9-10H,4,6,8H2,1-3H3,(H,16,17). The molecule has 1 aliphatic rings.